The van der Waals surface area contributed by atoms with Gasteiger partial charge >= 0.3 is 6.03 Å². The zero-order valence-electron chi connectivity index (χ0n) is 18.8. The van der Waals surface area contributed by atoms with Crippen molar-refractivity contribution in [1.82, 2.24) is 10.2 Å². The van der Waals surface area contributed by atoms with Crippen LogP contribution < -0.4 is 10.1 Å². The van der Waals surface area contributed by atoms with Crippen LogP contribution in [0.25, 0.3) is 0 Å². The van der Waals surface area contributed by atoms with Gasteiger partial charge in [-0.15, -0.1) is 0 Å². The van der Waals surface area contributed by atoms with Gasteiger partial charge < -0.3 is 14.8 Å². The van der Waals surface area contributed by atoms with Crippen molar-refractivity contribution in [3.05, 3.63) is 29.3 Å². The average Bonchev–Trinajstić information content (AvgIpc) is 3.13. The van der Waals surface area contributed by atoms with Gasteiger partial charge in [0.05, 0.1) is 12.7 Å². The molecule has 0 radical (unpaired) electrons. The zero-order valence-corrected chi connectivity index (χ0v) is 18.8. The van der Waals surface area contributed by atoms with Crippen LogP contribution in [0.5, 0.6) is 5.75 Å². The third kappa shape index (κ3) is 3.03. The Balaban J connectivity index is 1.80. The highest BCUT2D eigenvalue weighted by Crippen LogP contribution is 2.60. The van der Waals surface area contributed by atoms with Crippen LogP contribution in [0.15, 0.2) is 18.2 Å². The van der Waals surface area contributed by atoms with Gasteiger partial charge in [0.1, 0.15) is 5.75 Å². The molecule has 2 spiro atoms. The second-order valence-electron chi connectivity index (χ2n) is 9.87. The van der Waals surface area contributed by atoms with E-state index in [1.165, 1.54) is 4.90 Å². The monoisotopic (exact) mass is 414 g/mol. The number of methoxy groups -OCH3 is 1. The first-order chi connectivity index (χ1) is 14.2. The number of carbonyl (C=O) groups is 2. The minimum absolute atomic E-state index is 0.113. The molecule has 2 fully saturated rings. The summed E-state index contributed by atoms with van der Waals surface area (Å²) in [5, 5.41) is 3.19. The molecule has 0 aromatic heterocycles. The first-order valence-electron chi connectivity index (χ1n) is 11.2. The fourth-order valence-electron chi connectivity index (χ4n) is 5.68. The van der Waals surface area contributed by atoms with E-state index in [1.54, 1.807) is 7.11 Å². The van der Waals surface area contributed by atoms with Crippen LogP contribution in [0.2, 0.25) is 0 Å². The van der Waals surface area contributed by atoms with E-state index in [0.29, 0.717) is 12.5 Å². The van der Waals surface area contributed by atoms with Gasteiger partial charge in [-0.2, -0.15) is 0 Å². The number of hydrogen-bond acceptors (Lipinski definition) is 4. The second-order valence-corrected chi connectivity index (χ2v) is 9.87. The van der Waals surface area contributed by atoms with Crippen molar-refractivity contribution in [2.45, 2.75) is 77.5 Å². The summed E-state index contributed by atoms with van der Waals surface area (Å²) in [6, 6.07) is 5.60. The normalized spacial score (nSPS) is 30.6. The molecule has 6 heteroatoms. The van der Waals surface area contributed by atoms with Crippen molar-refractivity contribution < 1.29 is 19.1 Å². The van der Waals surface area contributed by atoms with Crippen LogP contribution in [0, 0.1) is 11.3 Å². The number of rotatable bonds is 5. The molecule has 1 saturated heterocycles. The van der Waals surface area contributed by atoms with Crippen molar-refractivity contribution in [2.75, 3.05) is 13.7 Å². The molecular weight excluding hydrogens is 380 g/mol. The van der Waals surface area contributed by atoms with Gasteiger partial charge in [0.15, 0.2) is 5.54 Å². The zero-order chi connectivity index (χ0) is 21.7. The Morgan fingerprint density at radius 2 is 1.87 bits per heavy atom. The first kappa shape index (κ1) is 21.2. The van der Waals surface area contributed by atoms with E-state index < -0.39 is 5.54 Å². The van der Waals surface area contributed by atoms with Gasteiger partial charge in [-0.3, -0.25) is 9.69 Å². The number of nitrogens with one attached hydrogen (secondary N) is 1. The lowest BCUT2D eigenvalue weighted by Crippen LogP contribution is -2.57. The molecule has 6 nitrogen and oxygen atoms in total. The Morgan fingerprint density at radius 1 is 1.17 bits per heavy atom. The quantitative estimate of drug-likeness (QED) is 0.740. The molecule has 1 saturated carbocycles. The first-order valence-corrected chi connectivity index (χ1v) is 11.2. The molecule has 4 rings (SSSR count). The SMILES string of the molecule is COC1CCC2(CC1)Cc1ccc(OCC(C)C)cc1C21NC(=O)N(C(C)C)C1=O. The van der Waals surface area contributed by atoms with Crippen molar-refractivity contribution in [3.63, 3.8) is 0 Å². The minimum Gasteiger partial charge on any atom is -0.493 e. The van der Waals surface area contributed by atoms with Gasteiger partial charge in [-0.25, -0.2) is 4.79 Å². The van der Waals surface area contributed by atoms with Crippen LogP contribution in [-0.4, -0.2) is 42.7 Å². The van der Waals surface area contributed by atoms with E-state index in [0.717, 1.165) is 49.0 Å². The van der Waals surface area contributed by atoms with Crippen LogP contribution in [-0.2, 0) is 21.5 Å². The van der Waals surface area contributed by atoms with Crippen LogP contribution in [0.1, 0.15) is 64.5 Å². The highest BCUT2D eigenvalue weighted by molar-refractivity contribution is 6.09. The number of urea groups is 1. The number of imide groups is 1. The third-order valence-corrected chi connectivity index (χ3v) is 7.19. The molecule has 1 N–H and O–H groups in total. The fraction of sp³-hybridized carbons (Fsp3) is 0.667. The summed E-state index contributed by atoms with van der Waals surface area (Å²) in [5.74, 6) is 1.06. The summed E-state index contributed by atoms with van der Waals surface area (Å²) in [6.07, 6.45) is 4.50. The maximum atomic E-state index is 13.9. The van der Waals surface area contributed by atoms with E-state index in [2.05, 4.69) is 25.2 Å². The molecule has 2 aliphatic carbocycles. The highest BCUT2D eigenvalue weighted by atomic mass is 16.5. The molecule has 164 valence electrons. The summed E-state index contributed by atoms with van der Waals surface area (Å²) in [6.45, 7) is 8.62. The van der Waals surface area contributed by atoms with Crippen LogP contribution >= 0.6 is 0 Å². The van der Waals surface area contributed by atoms with E-state index in [-0.39, 0.29) is 29.5 Å². The minimum atomic E-state index is -1.01. The summed E-state index contributed by atoms with van der Waals surface area (Å²) < 4.78 is 11.6. The molecule has 1 heterocycles. The lowest BCUT2D eigenvalue weighted by molar-refractivity contribution is -0.139. The molecule has 1 aromatic rings. The van der Waals surface area contributed by atoms with Crippen molar-refractivity contribution in [3.8, 4) is 5.75 Å². The summed E-state index contributed by atoms with van der Waals surface area (Å²) in [4.78, 5) is 28.3. The van der Waals surface area contributed by atoms with Gasteiger partial charge in [0.25, 0.3) is 5.91 Å². The maximum Gasteiger partial charge on any atom is 0.325 e. The largest absolute Gasteiger partial charge is 0.493 e. The van der Waals surface area contributed by atoms with Gasteiger partial charge in [0.2, 0.25) is 0 Å². The summed E-state index contributed by atoms with van der Waals surface area (Å²) in [5.41, 5.74) is 0.722. The van der Waals surface area contributed by atoms with Gasteiger partial charge in [-0.05, 0) is 75.1 Å². The third-order valence-electron chi connectivity index (χ3n) is 7.19. The lowest BCUT2D eigenvalue weighted by Gasteiger charge is -2.46. The Morgan fingerprint density at radius 3 is 2.43 bits per heavy atom. The molecule has 3 amide bonds. The molecule has 3 aliphatic rings. The molecule has 1 unspecified atom stereocenters. The topological polar surface area (TPSA) is 67.9 Å². The Bertz CT molecular complexity index is 842. The van der Waals surface area contributed by atoms with Gasteiger partial charge in [-0.1, -0.05) is 19.9 Å². The van der Waals surface area contributed by atoms with Crippen molar-refractivity contribution in [2.24, 2.45) is 11.3 Å². The van der Waals surface area contributed by atoms with Crippen LogP contribution in [0.4, 0.5) is 4.79 Å². The number of benzene rings is 1. The van der Waals surface area contributed by atoms with E-state index >= 15 is 0 Å². The average molecular weight is 415 g/mol. The smallest absolute Gasteiger partial charge is 0.325 e. The Kier molecular flexibility index (Phi) is 5.33. The number of carbonyl (C=O) groups excluding carboxylic acids is 2. The molecule has 30 heavy (non-hydrogen) atoms. The summed E-state index contributed by atoms with van der Waals surface area (Å²) in [7, 11) is 1.75. The van der Waals surface area contributed by atoms with Crippen LogP contribution in [0.3, 0.4) is 0 Å². The standard InChI is InChI=1S/C24H34N2O4/c1-15(2)14-30-19-7-6-17-13-23(10-8-18(29-5)9-11-23)24(20(17)12-19)21(27)26(16(3)4)22(28)25-24/h6-7,12,15-16,18H,8-11,13-14H2,1-5H3,(H,25,28). The molecule has 0 bridgehead atoms. The number of hydrogen-bond donors (Lipinski definition) is 1. The lowest BCUT2D eigenvalue weighted by atomic mass is 9.61. The fourth-order valence-corrected chi connectivity index (χ4v) is 5.68. The van der Waals surface area contributed by atoms with Crippen molar-refractivity contribution >= 4 is 11.9 Å². The second kappa shape index (κ2) is 7.56. The number of ether oxygens (including phenoxy) is 2. The van der Waals surface area contributed by atoms with E-state index in [9.17, 15) is 9.59 Å². The van der Waals surface area contributed by atoms with E-state index in [4.69, 9.17) is 9.47 Å². The summed E-state index contributed by atoms with van der Waals surface area (Å²) >= 11 is 0. The molecule has 1 aromatic carbocycles. The number of nitrogens with zero attached hydrogens (tertiary/aromatic N) is 1. The molecular formula is C24H34N2O4. The van der Waals surface area contributed by atoms with Crippen molar-refractivity contribution in [1.29, 1.82) is 0 Å². The van der Waals surface area contributed by atoms with Gasteiger partial charge in [0, 0.05) is 18.6 Å². The Hall–Kier alpha value is -2.08. The highest BCUT2D eigenvalue weighted by Gasteiger charge is 2.68. The Labute approximate surface area is 179 Å². The number of amides is 3. The predicted molar refractivity (Wildman–Crippen MR) is 114 cm³/mol. The molecule has 1 atom stereocenters. The van der Waals surface area contributed by atoms with E-state index in [1.807, 2.05) is 26.0 Å². The molecule has 1 aliphatic heterocycles. The number of fused-ring (bicyclic) bond motifs is 3. The maximum absolute atomic E-state index is 13.9. The predicted octanol–water partition coefficient (Wildman–Crippen LogP) is 4.01.